The first-order chi connectivity index (χ1) is 9.66. The second-order valence-corrected chi connectivity index (χ2v) is 5.34. The van der Waals surface area contributed by atoms with Crippen LogP contribution in [0.25, 0.3) is 5.69 Å². The molecular formula is C15H17F2N3. The van der Waals surface area contributed by atoms with Gasteiger partial charge in [-0.2, -0.15) is 5.10 Å². The third kappa shape index (κ3) is 2.33. The van der Waals surface area contributed by atoms with Crippen LogP contribution >= 0.6 is 0 Å². The molecule has 0 aliphatic carbocycles. The Morgan fingerprint density at radius 1 is 1.30 bits per heavy atom. The van der Waals surface area contributed by atoms with Crippen LogP contribution < -0.4 is 5.32 Å². The third-order valence-electron chi connectivity index (χ3n) is 3.98. The van der Waals surface area contributed by atoms with Crippen molar-refractivity contribution in [1.82, 2.24) is 15.1 Å². The maximum absolute atomic E-state index is 13.9. The van der Waals surface area contributed by atoms with Gasteiger partial charge in [0.1, 0.15) is 11.5 Å². The van der Waals surface area contributed by atoms with Crippen molar-refractivity contribution in [3.05, 3.63) is 47.8 Å². The van der Waals surface area contributed by atoms with Crippen molar-refractivity contribution in [2.24, 2.45) is 5.92 Å². The normalized spacial score (nSPS) is 22.9. The zero-order chi connectivity index (χ0) is 14.1. The van der Waals surface area contributed by atoms with Gasteiger partial charge in [-0.25, -0.2) is 13.5 Å². The monoisotopic (exact) mass is 277 g/mol. The molecule has 1 N–H and O–H groups in total. The summed E-state index contributed by atoms with van der Waals surface area (Å²) in [5, 5.41) is 7.57. The van der Waals surface area contributed by atoms with Crippen molar-refractivity contribution in [3.8, 4) is 5.69 Å². The van der Waals surface area contributed by atoms with E-state index in [1.54, 1.807) is 10.9 Å². The number of aromatic nitrogens is 2. The summed E-state index contributed by atoms with van der Waals surface area (Å²) >= 11 is 0. The number of piperidine rings is 1. The predicted octanol–water partition coefficient (Wildman–Crippen LogP) is 2.86. The fourth-order valence-corrected chi connectivity index (χ4v) is 2.90. The topological polar surface area (TPSA) is 29.9 Å². The van der Waals surface area contributed by atoms with Gasteiger partial charge in [-0.15, -0.1) is 0 Å². The van der Waals surface area contributed by atoms with Crippen molar-refractivity contribution < 1.29 is 8.78 Å². The van der Waals surface area contributed by atoms with Crippen molar-refractivity contribution in [2.45, 2.75) is 19.3 Å². The van der Waals surface area contributed by atoms with Gasteiger partial charge in [0.25, 0.3) is 0 Å². The molecule has 1 fully saturated rings. The quantitative estimate of drug-likeness (QED) is 0.914. The molecule has 3 nitrogen and oxygen atoms in total. The zero-order valence-corrected chi connectivity index (χ0v) is 11.3. The Morgan fingerprint density at radius 3 is 2.90 bits per heavy atom. The molecular weight excluding hydrogens is 260 g/mol. The average molecular weight is 277 g/mol. The third-order valence-corrected chi connectivity index (χ3v) is 3.98. The fourth-order valence-electron chi connectivity index (χ4n) is 2.90. The van der Waals surface area contributed by atoms with Crippen molar-refractivity contribution >= 4 is 0 Å². The van der Waals surface area contributed by atoms with E-state index in [-0.39, 0.29) is 0 Å². The lowest BCUT2D eigenvalue weighted by molar-refractivity contribution is 0.339. The van der Waals surface area contributed by atoms with Gasteiger partial charge >= 0.3 is 0 Å². The van der Waals surface area contributed by atoms with Crippen LogP contribution in [0.5, 0.6) is 0 Å². The Balaban J connectivity index is 2.01. The van der Waals surface area contributed by atoms with Crippen LogP contribution in [0, 0.1) is 17.6 Å². The van der Waals surface area contributed by atoms with Gasteiger partial charge in [0.15, 0.2) is 5.82 Å². The smallest absolute Gasteiger partial charge is 0.151 e. The molecule has 1 saturated heterocycles. The van der Waals surface area contributed by atoms with E-state index in [1.165, 1.54) is 12.1 Å². The predicted molar refractivity (Wildman–Crippen MR) is 72.9 cm³/mol. The molecule has 2 heterocycles. The minimum absolute atomic E-state index is 0.303. The van der Waals surface area contributed by atoms with Gasteiger partial charge in [0.05, 0.1) is 0 Å². The number of nitrogens with one attached hydrogen (secondary N) is 1. The van der Waals surface area contributed by atoms with E-state index >= 15 is 0 Å². The summed E-state index contributed by atoms with van der Waals surface area (Å²) in [5.41, 5.74) is 1.29. The van der Waals surface area contributed by atoms with Crippen molar-refractivity contribution in [1.29, 1.82) is 0 Å². The number of rotatable bonds is 2. The van der Waals surface area contributed by atoms with E-state index < -0.39 is 11.6 Å². The van der Waals surface area contributed by atoms with Crippen LogP contribution in [0.15, 0.2) is 30.5 Å². The lowest BCUT2D eigenvalue weighted by Crippen LogP contribution is -2.34. The molecule has 1 aromatic heterocycles. The van der Waals surface area contributed by atoms with Gasteiger partial charge < -0.3 is 5.32 Å². The first-order valence-corrected chi connectivity index (χ1v) is 6.87. The molecule has 0 radical (unpaired) electrons. The Bertz CT molecular complexity index is 609. The largest absolute Gasteiger partial charge is 0.316 e. The molecule has 0 bridgehead atoms. The van der Waals surface area contributed by atoms with Crippen molar-refractivity contribution in [3.63, 3.8) is 0 Å². The van der Waals surface area contributed by atoms with Gasteiger partial charge in [-0.1, -0.05) is 6.92 Å². The second-order valence-electron chi connectivity index (χ2n) is 5.34. The number of hydrogen-bond donors (Lipinski definition) is 1. The highest BCUT2D eigenvalue weighted by Gasteiger charge is 2.26. The molecule has 5 heteroatoms. The van der Waals surface area contributed by atoms with E-state index in [9.17, 15) is 8.78 Å². The molecule has 0 unspecified atom stereocenters. The molecule has 0 spiro atoms. The number of benzene rings is 1. The molecule has 1 aliphatic rings. The van der Waals surface area contributed by atoms with Crippen molar-refractivity contribution in [2.75, 3.05) is 13.1 Å². The Kier molecular flexibility index (Phi) is 3.53. The Labute approximate surface area is 116 Å². The maximum Gasteiger partial charge on any atom is 0.151 e. The van der Waals surface area contributed by atoms with Gasteiger partial charge in [0.2, 0.25) is 0 Å². The summed E-state index contributed by atoms with van der Waals surface area (Å²) in [5.74, 6) is -0.363. The van der Waals surface area contributed by atoms with Crippen LogP contribution in [-0.2, 0) is 0 Å². The van der Waals surface area contributed by atoms with E-state index in [1.807, 2.05) is 6.07 Å². The van der Waals surface area contributed by atoms with E-state index in [0.29, 0.717) is 17.5 Å². The maximum atomic E-state index is 13.9. The van der Waals surface area contributed by atoms with Gasteiger partial charge in [0, 0.05) is 23.9 Å². The first kappa shape index (κ1) is 13.2. The molecule has 1 aromatic carbocycles. The van der Waals surface area contributed by atoms with Crippen LogP contribution in [0.4, 0.5) is 8.78 Å². The molecule has 3 rings (SSSR count). The Hall–Kier alpha value is -1.75. The highest BCUT2D eigenvalue weighted by atomic mass is 19.1. The molecule has 2 aromatic rings. The SMILES string of the molecule is C[C@@H]1CNCC[C@H]1c1ccnn1-c1ccc(F)cc1F. The summed E-state index contributed by atoms with van der Waals surface area (Å²) in [4.78, 5) is 0. The van der Waals surface area contributed by atoms with Crippen LogP contribution in [-0.4, -0.2) is 22.9 Å². The average Bonchev–Trinajstić information content (AvgIpc) is 2.88. The number of hydrogen-bond acceptors (Lipinski definition) is 2. The molecule has 106 valence electrons. The summed E-state index contributed by atoms with van der Waals surface area (Å²) in [6.45, 7) is 4.07. The minimum atomic E-state index is -0.587. The Morgan fingerprint density at radius 2 is 2.15 bits per heavy atom. The van der Waals surface area contributed by atoms with Crippen LogP contribution in [0.2, 0.25) is 0 Å². The fraction of sp³-hybridized carbons (Fsp3) is 0.400. The highest BCUT2D eigenvalue weighted by molar-refractivity contribution is 5.35. The molecule has 1 aliphatic heterocycles. The van der Waals surface area contributed by atoms with E-state index in [2.05, 4.69) is 17.3 Å². The number of halogens is 2. The molecule has 0 saturated carbocycles. The van der Waals surface area contributed by atoms with Gasteiger partial charge in [-0.05, 0) is 43.6 Å². The van der Waals surface area contributed by atoms with Crippen LogP contribution in [0.3, 0.4) is 0 Å². The minimum Gasteiger partial charge on any atom is -0.316 e. The van der Waals surface area contributed by atoms with E-state index in [0.717, 1.165) is 31.3 Å². The summed E-state index contributed by atoms with van der Waals surface area (Å²) in [7, 11) is 0. The summed E-state index contributed by atoms with van der Waals surface area (Å²) in [6.07, 6.45) is 2.67. The highest BCUT2D eigenvalue weighted by Crippen LogP contribution is 2.31. The molecule has 2 atom stereocenters. The van der Waals surface area contributed by atoms with E-state index in [4.69, 9.17) is 0 Å². The first-order valence-electron chi connectivity index (χ1n) is 6.87. The number of nitrogens with zero attached hydrogens (tertiary/aromatic N) is 2. The summed E-state index contributed by atoms with van der Waals surface area (Å²) < 4.78 is 28.6. The van der Waals surface area contributed by atoms with Gasteiger partial charge in [-0.3, -0.25) is 0 Å². The van der Waals surface area contributed by atoms with Crippen LogP contribution in [0.1, 0.15) is 25.0 Å². The second kappa shape index (κ2) is 5.32. The molecule has 0 amide bonds. The lowest BCUT2D eigenvalue weighted by atomic mass is 9.85. The lowest BCUT2D eigenvalue weighted by Gasteiger charge is -2.30. The standard InChI is InChI=1S/C15H17F2N3/c1-10-9-18-6-4-12(10)14-5-7-19-20(14)15-3-2-11(16)8-13(15)17/h2-3,5,7-8,10,12,18H,4,6,9H2,1H3/t10-,12-/m1/s1. The molecule has 20 heavy (non-hydrogen) atoms. The zero-order valence-electron chi connectivity index (χ0n) is 11.3. The summed E-state index contributed by atoms with van der Waals surface area (Å²) in [6, 6.07) is 5.52.